The number of aldehydes is 1. The number of benzene rings is 2. The average molecular weight is 473 g/mol. The number of fused-ring (bicyclic) bond motifs is 1. The zero-order chi connectivity index (χ0) is 25.5. The largest absolute Gasteiger partial charge is 0.381 e. The molecule has 4 rings (SSSR count). The summed E-state index contributed by atoms with van der Waals surface area (Å²) in [5.41, 5.74) is 4.00. The van der Waals surface area contributed by atoms with Crippen LogP contribution in [0.1, 0.15) is 58.5 Å². The molecule has 34 heavy (non-hydrogen) atoms. The molecule has 1 atom stereocenters. The molecule has 0 aromatic heterocycles. The number of nitrogens with zero attached hydrogens (tertiary/aromatic N) is 1. The monoisotopic (exact) mass is 472 g/mol. The van der Waals surface area contributed by atoms with Gasteiger partial charge in [-0.3, -0.25) is 29.4 Å². The molecule has 1 unspecified atom stereocenters. The second-order valence-electron chi connectivity index (χ2n) is 7.21. The van der Waals surface area contributed by atoms with Crippen LogP contribution in [0.4, 0.5) is 10.1 Å². The summed E-state index contributed by atoms with van der Waals surface area (Å²) in [6, 6.07) is 9.40. The van der Waals surface area contributed by atoms with Crippen LogP contribution in [0, 0.1) is 5.82 Å². The quantitative estimate of drug-likeness (QED) is 0.385. The number of nitrogens with two attached hydrogens (primary N) is 1. The molecule has 2 aliphatic rings. The maximum atomic E-state index is 14.3. The van der Waals surface area contributed by atoms with Crippen LogP contribution in [0.2, 0.25) is 0 Å². The van der Waals surface area contributed by atoms with E-state index >= 15 is 0 Å². The fourth-order valence-corrected chi connectivity index (χ4v) is 3.76. The van der Waals surface area contributed by atoms with E-state index in [9.17, 15) is 28.7 Å². The van der Waals surface area contributed by atoms with Gasteiger partial charge in [-0.05, 0) is 25.2 Å². The molecule has 3 amide bonds. The van der Waals surface area contributed by atoms with Crippen molar-refractivity contribution < 1.29 is 28.7 Å². The summed E-state index contributed by atoms with van der Waals surface area (Å²) >= 11 is 0. The fourth-order valence-electron chi connectivity index (χ4n) is 3.76. The zero-order valence-corrected chi connectivity index (χ0v) is 19.4. The Balaban J connectivity index is 0.000000970. The van der Waals surface area contributed by atoms with Crippen LogP contribution >= 0.6 is 0 Å². The van der Waals surface area contributed by atoms with E-state index < -0.39 is 29.3 Å². The van der Waals surface area contributed by atoms with Gasteiger partial charge in [0.25, 0.3) is 11.8 Å². The number of hydrogen-bond acceptors (Lipinski definition) is 7. The Kier molecular flexibility index (Phi) is 8.99. The van der Waals surface area contributed by atoms with Gasteiger partial charge in [0, 0.05) is 41.8 Å². The summed E-state index contributed by atoms with van der Waals surface area (Å²) in [7, 11) is 1.50. The minimum Gasteiger partial charge on any atom is -0.381 e. The van der Waals surface area contributed by atoms with Gasteiger partial charge in [-0.2, -0.15) is 0 Å². The molecule has 182 valence electrons. The lowest BCUT2D eigenvalue weighted by Gasteiger charge is -2.37. The third-order valence-electron chi connectivity index (χ3n) is 5.44. The molecule has 2 heterocycles. The number of aliphatic hydroxyl groups is 1. The first-order valence-corrected chi connectivity index (χ1v) is 10.9. The highest BCUT2D eigenvalue weighted by molar-refractivity contribution is 6.07. The summed E-state index contributed by atoms with van der Waals surface area (Å²) in [5.74, 6) is -2.59. The lowest BCUT2D eigenvalue weighted by Crippen LogP contribution is -2.63. The van der Waals surface area contributed by atoms with Gasteiger partial charge in [0.05, 0.1) is 12.1 Å². The Labute approximate surface area is 197 Å². The molecule has 10 heteroatoms. The second kappa shape index (κ2) is 11.5. The number of anilines is 1. The number of amides is 3. The first-order valence-electron chi connectivity index (χ1n) is 10.9. The van der Waals surface area contributed by atoms with Crippen molar-refractivity contribution in [2.75, 3.05) is 12.4 Å². The van der Waals surface area contributed by atoms with Gasteiger partial charge in [0.2, 0.25) is 11.6 Å². The Morgan fingerprint density at radius 1 is 1.18 bits per heavy atom. The molecule has 0 aliphatic carbocycles. The van der Waals surface area contributed by atoms with Crippen LogP contribution in [0.25, 0.3) is 0 Å². The van der Waals surface area contributed by atoms with Gasteiger partial charge in [-0.15, -0.1) is 0 Å². The molecule has 0 spiro atoms. The summed E-state index contributed by atoms with van der Waals surface area (Å²) in [6.45, 7) is 4.02. The lowest BCUT2D eigenvalue weighted by atomic mass is 10.00. The van der Waals surface area contributed by atoms with E-state index in [0.29, 0.717) is 23.1 Å². The number of halogens is 1. The lowest BCUT2D eigenvalue weighted by molar-refractivity contribution is -0.167. The van der Waals surface area contributed by atoms with E-state index in [-0.39, 0.29) is 37.1 Å². The number of piperidine rings is 1. The number of carbonyl (C=O) groups is 4. The minimum atomic E-state index is -2.12. The third kappa shape index (κ3) is 4.97. The highest BCUT2D eigenvalue weighted by Gasteiger charge is 2.51. The predicted molar refractivity (Wildman–Crippen MR) is 124 cm³/mol. The molecular formula is C24H29FN4O5. The van der Waals surface area contributed by atoms with E-state index in [0.717, 1.165) is 4.90 Å². The Bertz CT molecular complexity index is 1090. The minimum absolute atomic E-state index is 0.0472. The number of imide groups is 1. The number of nitrogens with one attached hydrogen (secondary N) is 2. The molecule has 1 fully saturated rings. The first-order chi connectivity index (χ1) is 16.3. The van der Waals surface area contributed by atoms with Gasteiger partial charge in [0.15, 0.2) is 6.29 Å². The smallest absolute Gasteiger partial charge is 0.279 e. The van der Waals surface area contributed by atoms with E-state index in [4.69, 9.17) is 0 Å². The van der Waals surface area contributed by atoms with Crippen LogP contribution in [0.5, 0.6) is 0 Å². The van der Waals surface area contributed by atoms with E-state index in [1.54, 1.807) is 30.3 Å². The first kappa shape index (κ1) is 26.6. The van der Waals surface area contributed by atoms with E-state index in [1.165, 1.54) is 13.1 Å². The topological polar surface area (TPSA) is 142 Å². The third-order valence-corrected chi connectivity index (χ3v) is 5.44. The van der Waals surface area contributed by atoms with Crippen LogP contribution in [0.15, 0.2) is 36.4 Å². The summed E-state index contributed by atoms with van der Waals surface area (Å²) < 4.78 is 14.3. The van der Waals surface area contributed by atoms with Crippen molar-refractivity contribution in [1.82, 2.24) is 10.2 Å². The highest BCUT2D eigenvalue weighted by Crippen LogP contribution is 2.36. The van der Waals surface area contributed by atoms with Crippen molar-refractivity contribution in [2.24, 2.45) is 5.73 Å². The molecular weight excluding hydrogens is 443 g/mol. The van der Waals surface area contributed by atoms with Gasteiger partial charge in [0.1, 0.15) is 5.82 Å². The summed E-state index contributed by atoms with van der Waals surface area (Å²) in [6.07, 6.45) is 0.167. The van der Waals surface area contributed by atoms with Gasteiger partial charge >= 0.3 is 0 Å². The second-order valence-corrected chi connectivity index (χ2v) is 7.21. The van der Waals surface area contributed by atoms with E-state index in [2.05, 4.69) is 16.4 Å². The molecule has 2 aliphatic heterocycles. The highest BCUT2D eigenvalue weighted by atomic mass is 19.1. The number of hydrogen-bond donors (Lipinski definition) is 4. The SMILES string of the molecule is CC.CN.O=Cc1cccc(CNc2cccc3c2CN(C2(O)CCC(=O)NC2=O)C3=O)c1F. The average Bonchev–Trinajstić information content (AvgIpc) is 3.21. The van der Waals surface area contributed by atoms with Crippen molar-refractivity contribution in [1.29, 1.82) is 0 Å². The maximum Gasteiger partial charge on any atom is 0.279 e. The van der Waals surface area contributed by atoms with Gasteiger partial charge in [-0.25, -0.2) is 4.39 Å². The van der Waals surface area contributed by atoms with Crippen LogP contribution < -0.4 is 16.4 Å². The zero-order valence-electron chi connectivity index (χ0n) is 19.4. The molecule has 9 nitrogen and oxygen atoms in total. The molecule has 0 saturated carbocycles. The van der Waals surface area contributed by atoms with Crippen molar-refractivity contribution in [3.63, 3.8) is 0 Å². The summed E-state index contributed by atoms with van der Waals surface area (Å²) in [4.78, 5) is 48.5. The molecule has 0 radical (unpaired) electrons. The van der Waals surface area contributed by atoms with Crippen LogP contribution in [-0.4, -0.2) is 46.8 Å². The molecule has 1 saturated heterocycles. The normalized spacial score (nSPS) is 18.6. The standard InChI is InChI=1S/C21H18FN3O5.C2H6.CH5N/c22-18-12(3-1-4-13(18)11-26)9-23-16-6-2-5-14-15(16)10-25(19(14)28)21(30)8-7-17(27)24-20(21)29;2*1-2/h1-6,11,23,30H,7-10H2,(H,24,27,29);1-2H3;2H2,1H3. The van der Waals surface area contributed by atoms with Crippen LogP contribution in [-0.2, 0) is 22.7 Å². The maximum absolute atomic E-state index is 14.3. The molecule has 5 N–H and O–H groups in total. The number of carbonyl (C=O) groups excluding carboxylic acids is 4. The van der Waals surface area contributed by atoms with E-state index in [1.807, 2.05) is 13.8 Å². The Morgan fingerprint density at radius 3 is 2.50 bits per heavy atom. The Morgan fingerprint density at radius 2 is 1.85 bits per heavy atom. The number of rotatable bonds is 5. The van der Waals surface area contributed by atoms with Crippen molar-refractivity contribution in [2.45, 2.75) is 45.5 Å². The predicted octanol–water partition coefficient (Wildman–Crippen LogP) is 1.93. The van der Waals surface area contributed by atoms with Crippen molar-refractivity contribution in [3.05, 3.63) is 64.5 Å². The van der Waals surface area contributed by atoms with Crippen molar-refractivity contribution >= 4 is 29.7 Å². The molecule has 2 aromatic carbocycles. The fraction of sp³-hybridized carbons (Fsp3) is 0.333. The van der Waals surface area contributed by atoms with Gasteiger partial charge < -0.3 is 16.2 Å². The van der Waals surface area contributed by atoms with Crippen LogP contribution in [0.3, 0.4) is 0 Å². The molecule has 2 aromatic rings. The summed E-state index contributed by atoms with van der Waals surface area (Å²) in [5, 5.41) is 16.0. The Hall–Kier alpha value is -3.63. The van der Waals surface area contributed by atoms with Gasteiger partial charge in [-0.1, -0.05) is 32.0 Å². The molecule has 0 bridgehead atoms. The van der Waals surface area contributed by atoms with Crippen molar-refractivity contribution in [3.8, 4) is 0 Å².